The Balaban J connectivity index is 1.96. The van der Waals surface area contributed by atoms with Crippen LogP contribution in [0.1, 0.15) is 38.7 Å². The average Bonchev–Trinajstić information content (AvgIpc) is 3.16. The summed E-state index contributed by atoms with van der Waals surface area (Å²) in [6.45, 7) is 4.27. The number of rotatable bonds is 9. The summed E-state index contributed by atoms with van der Waals surface area (Å²) in [5, 5.41) is 2.70. The van der Waals surface area contributed by atoms with Crippen LogP contribution in [0.4, 0.5) is 4.39 Å². The number of carbonyl (C=O) groups is 2. The average molecular weight is 414 g/mol. The van der Waals surface area contributed by atoms with Crippen LogP contribution in [-0.2, 0) is 26.2 Å². The lowest BCUT2D eigenvalue weighted by atomic mass is 10.2. The molecule has 2 rings (SSSR count). The van der Waals surface area contributed by atoms with Crippen molar-refractivity contribution in [2.24, 2.45) is 0 Å². The smallest absolute Gasteiger partial charge is 0.241 e. The van der Waals surface area contributed by atoms with Crippen LogP contribution < -0.4 is 5.32 Å². The highest BCUT2D eigenvalue weighted by Crippen LogP contribution is 2.23. The Kier molecular flexibility index (Phi) is 7.94. The molecule has 1 aromatic carbocycles. The standard InChI is InChI=1S/C19H28FN3O4S/c1-3-12-28(26,27)23-11-5-6-17(23)19(25)22(4-2)14-18(24)21-13-15-7-9-16(20)10-8-15/h7-10,17H,3-6,11-14H2,1-2H3,(H,21,24). The zero-order valence-electron chi connectivity index (χ0n) is 16.4. The first kappa shape index (κ1) is 22.3. The van der Waals surface area contributed by atoms with Crippen LogP contribution in [0.5, 0.6) is 0 Å². The number of halogens is 1. The predicted molar refractivity (Wildman–Crippen MR) is 104 cm³/mol. The first-order valence-electron chi connectivity index (χ1n) is 9.58. The molecule has 1 fully saturated rings. The molecule has 1 atom stereocenters. The number of hydrogen-bond donors (Lipinski definition) is 1. The van der Waals surface area contributed by atoms with Crippen molar-refractivity contribution in [2.75, 3.05) is 25.4 Å². The number of likely N-dealkylation sites (N-methyl/N-ethyl adjacent to an activating group) is 1. The number of sulfonamides is 1. The summed E-state index contributed by atoms with van der Waals surface area (Å²) >= 11 is 0. The maximum Gasteiger partial charge on any atom is 0.241 e. The summed E-state index contributed by atoms with van der Waals surface area (Å²) in [7, 11) is -3.47. The third-order valence-corrected chi connectivity index (χ3v) is 6.81. The maximum atomic E-state index is 12.9. The number of nitrogens with zero attached hydrogens (tertiary/aromatic N) is 2. The number of hydrogen-bond acceptors (Lipinski definition) is 4. The highest BCUT2D eigenvalue weighted by atomic mass is 32.2. The maximum absolute atomic E-state index is 12.9. The second-order valence-electron chi connectivity index (χ2n) is 6.84. The largest absolute Gasteiger partial charge is 0.350 e. The molecule has 1 aliphatic heterocycles. The van der Waals surface area contributed by atoms with E-state index in [1.807, 2.05) is 0 Å². The van der Waals surface area contributed by atoms with Crippen molar-refractivity contribution in [2.45, 2.75) is 45.7 Å². The van der Waals surface area contributed by atoms with Gasteiger partial charge in [-0.1, -0.05) is 19.1 Å². The summed E-state index contributed by atoms with van der Waals surface area (Å²) in [5.41, 5.74) is 0.747. The Bertz CT molecular complexity index is 783. The molecule has 2 amide bonds. The Morgan fingerprint density at radius 2 is 1.93 bits per heavy atom. The molecule has 156 valence electrons. The van der Waals surface area contributed by atoms with Gasteiger partial charge in [-0.3, -0.25) is 9.59 Å². The van der Waals surface area contributed by atoms with E-state index < -0.39 is 16.1 Å². The number of carbonyl (C=O) groups excluding carboxylic acids is 2. The number of amides is 2. The molecule has 0 aromatic heterocycles. The quantitative estimate of drug-likeness (QED) is 0.665. The third-order valence-electron chi connectivity index (χ3n) is 4.74. The molecule has 1 N–H and O–H groups in total. The molecule has 0 aliphatic carbocycles. The molecule has 0 radical (unpaired) electrons. The lowest BCUT2D eigenvalue weighted by molar-refractivity contribution is -0.138. The van der Waals surface area contributed by atoms with Gasteiger partial charge in [0.1, 0.15) is 11.9 Å². The van der Waals surface area contributed by atoms with Crippen molar-refractivity contribution in [3.05, 3.63) is 35.6 Å². The van der Waals surface area contributed by atoms with Crippen LogP contribution in [-0.4, -0.2) is 60.9 Å². The van der Waals surface area contributed by atoms with Crippen LogP contribution in [0.3, 0.4) is 0 Å². The molecular formula is C19H28FN3O4S. The SMILES string of the molecule is CCCS(=O)(=O)N1CCCC1C(=O)N(CC)CC(=O)NCc1ccc(F)cc1. The monoisotopic (exact) mass is 413 g/mol. The van der Waals surface area contributed by atoms with Gasteiger partial charge in [0.2, 0.25) is 21.8 Å². The Morgan fingerprint density at radius 1 is 1.25 bits per heavy atom. The fourth-order valence-electron chi connectivity index (χ4n) is 3.28. The predicted octanol–water partition coefficient (Wildman–Crippen LogP) is 1.49. The Labute approximate surface area is 165 Å². The summed E-state index contributed by atoms with van der Waals surface area (Å²) in [4.78, 5) is 26.5. The second kappa shape index (κ2) is 9.97. The zero-order valence-corrected chi connectivity index (χ0v) is 17.2. The van der Waals surface area contributed by atoms with E-state index in [-0.39, 0.29) is 36.5 Å². The van der Waals surface area contributed by atoms with Gasteiger partial charge in [0, 0.05) is 19.6 Å². The first-order chi connectivity index (χ1) is 13.3. The van der Waals surface area contributed by atoms with E-state index in [0.717, 1.165) is 5.56 Å². The summed E-state index contributed by atoms with van der Waals surface area (Å²) in [6, 6.07) is 5.05. The molecule has 1 aromatic rings. The van der Waals surface area contributed by atoms with Crippen molar-refractivity contribution in [3.8, 4) is 0 Å². The summed E-state index contributed by atoms with van der Waals surface area (Å²) in [5.74, 6) is -1.02. The molecule has 1 heterocycles. The van der Waals surface area contributed by atoms with E-state index in [2.05, 4.69) is 5.32 Å². The lowest BCUT2D eigenvalue weighted by Crippen LogP contribution is -2.50. The normalized spacial score (nSPS) is 17.5. The van der Waals surface area contributed by atoms with Crippen LogP contribution >= 0.6 is 0 Å². The van der Waals surface area contributed by atoms with Gasteiger partial charge in [-0.25, -0.2) is 12.8 Å². The van der Waals surface area contributed by atoms with E-state index >= 15 is 0 Å². The molecule has 1 unspecified atom stereocenters. The number of benzene rings is 1. The Morgan fingerprint density at radius 3 is 2.54 bits per heavy atom. The van der Waals surface area contributed by atoms with Crippen molar-refractivity contribution >= 4 is 21.8 Å². The van der Waals surface area contributed by atoms with Gasteiger partial charge in [-0.2, -0.15) is 4.31 Å². The van der Waals surface area contributed by atoms with Crippen molar-refractivity contribution in [1.82, 2.24) is 14.5 Å². The van der Waals surface area contributed by atoms with Gasteiger partial charge in [0.15, 0.2) is 0 Å². The lowest BCUT2D eigenvalue weighted by Gasteiger charge is -2.28. The van der Waals surface area contributed by atoms with Crippen molar-refractivity contribution in [3.63, 3.8) is 0 Å². The van der Waals surface area contributed by atoms with Gasteiger partial charge in [-0.05, 0) is 43.9 Å². The van der Waals surface area contributed by atoms with Crippen LogP contribution in [0, 0.1) is 5.82 Å². The highest BCUT2D eigenvalue weighted by Gasteiger charge is 2.39. The van der Waals surface area contributed by atoms with E-state index in [9.17, 15) is 22.4 Å². The molecular weight excluding hydrogens is 385 g/mol. The van der Waals surface area contributed by atoms with Gasteiger partial charge in [0.25, 0.3) is 0 Å². The Hall–Kier alpha value is -2.00. The number of nitrogens with one attached hydrogen (secondary N) is 1. The van der Waals surface area contributed by atoms with Gasteiger partial charge >= 0.3 is 0 Å². The van der Waals surface area contributed by atoms with Gasteiger partial charge < -0.3 is 10.2 Å². The fourth-order valence-corrected chi connectivity index (χ4v) is 5.02. The minimum absolute atomic E-state index is 0.0149. The topological polar surface area (TPSA) is 86.8 Å². The summed E-state index contributed by atoms with van der Waals surface area (Å²) < 4.78 is 39.0. The molecule has 7 nitrogen and oxygen atoms in total. The molecule has 1 saturated heterocycles. The van der Waals surface area contributed by atoms with E-state index in [1.54, 1.807) is 26.0 Å². The van der Waals surface area contributed by atoms with Gasteiger partial charge in [0.05, 0.1) is 12.3 Å². The fraction of sp³-hybridized carbons (Fsp3) is 0.579. The third kappa shape index (κ3) is 5.75. The minimum atomic E-state index is -3.47. The molecule has 1 aliphatic rings. The van der Waals surface area contributed by atoms with Gasteiger partial charge in [-0.15, -0.1) is 0 Å². The minimum Gasteiger partial charge on any atom is -0.350 e. The molecule has 28 heavy (non-hydrogen) atoms. The van der Waals surface area contributed by atoms with E-state index in [0.29, 0.717) is 32.4 Å². The van der Waals surface area contributed by atoms with Crippen molar-refractivity contribution in [1.29, 1.82) is 0 Å². The molecule has 0 bridgehead atoms. The molecule has 9 heteroatoms. The van der Waals surface area contributed by atoms with Crippen LogP contribution in [0.25, 0.3) is 0 Å². The molecule has 0 spiro atoms. The highest BCUT2D eigenvalue weighted by molar-refractivity contribution is 7.89. The zero-order chi connectivity index (χ0) is 20.7. The van der Waals surface area contributed by atoms with Crippen LogP contribution in [0.15, 0.2) is 24.3 Å². The van der Waals surface area contributed by atoms with Crippen molar-refractivity contribution < 1.29 is 22.4 Å². The second-order valence-corrected chi connectivity index (χ2v) is 8.88. The van der Waals surface area contributed by atoms with E-state index in [1.165, 1.54) is 21.3 Å². The van der Waals surface area contributed by atoms with E-state index in [4.69, 9.17) is 0 Å². The summed E-state index contributed by atoms with van der Waals surface area (Å²) in [6.07, 6.45) is 1.59. The molecule has 0 saturated carbocycles. The van der Waals surface area contributed by atoms with Crippen LogP contribution in [0.2, 0.25) is 0 Å². The first-order valence-corrected chi connectivity index (χ1v) is 11.2.